The van der Waals surface area contributed by atoms with E-state index in [1.165, 1.54) is 11.8 Å². The van der Waals surface area contributed by atoms with Crippen LogP contribution in [0, 0.1) is 5.92 Å². The average molecular weight is 243 g/mol. The SMILES string of the molecule is O=C(O)C(Sc1ccccc1Cl)C1CC1. The van der Waals surface area contributed by atoms with E-state index in [1.54, 1.807) is 6.07 Å². The largest absolute Gasteiger partial charge is 0.480 e. The molecule has 1 fully saturated rings. The molecule has 0 spiro atoms. The van der Waals surface area contributed by atoms with Gasteiger partial charge in [0.05, 0.1) is 5.02 Å². The standard InChI is InChI=1S/C11H11ClO2S/c12-8-3-1-2-4-9(8)15-10(11(13)14)7-5-6-7/h1-4,7,10H,5-6H2,(H,13,14). The predicted molar refractivity (Wildman–Crippen MR) is 61.5 cm³/mol. The summed E-state index contributed by atoms with van der Waals surface area (Å²) in [5.41, 5.74) is 0. The molecule has 0 amide bonds. The summed E-state index contributed by atoms with van der Waals surface area (Å²) in [6.45, 7) is 0. The molecule has 1 N–H and O–H groups in total. The van der Waals surface area contributed by atoms with E-state index in [4.69, 9.17) is 16.7 Å². The fraction of sp³-hybridized carbons (Fsp3) is 0.364. The lowest BCUT2D eigenvalue weighted by atomic mass is 10.3. The molecule has 0 aliphatic heterocycles. The molecule has 1 saturated carbocycles. The van der Waals surface area contributed by atoms with Gasteiger partial charge in [-0.25, -0.2) is 0 Å². The van der Waals surface area contributed by atoms with Crippen LogP contribution in [0.15, 0.2) is 29.2 Å². The number of carboxylic acids is 1. The quantitative estimate of drug-likeness (QED) is 0.824. The second-order valence-electron chi connectivity index (χ2n) is 3.64. The van der Waals surface area contributed by atoms with E-state index in [1.807, 2.05) is 18.2 Å². The van der Waals surface area contributed by atoms with Crippen LogP contribution in [0.1, 0.15) is 12.8 Å². The summed E-state index contributed by atoms with van der Waals surface area (Å²) in [4.78, 5) is 11.9. The van der Waals surface area contributed by atoms with Gasteiger partial charge < -0.3 is 5.11 Å². The van der Waals surface area contributed by atoms with Crippen LogP contribution in [0.3, 0.4) is 0 Å². The molecule has 2 rings (SSSR count). The molecule has 80 valence electrons. The molecule has 1 unspecified atom stereocenters. The number of benzene rings is 1. The van der Waals surface area contributed by atoms with Gasteiger partial charge in [-0.3, -0.25) is 4.79 Å². The number of aliphatic carboxylic acids is 1. The summed E-state index contributed by atoms with van der Waals surface area (Å²) in [6, 6.07) is 7.38. The first kappa shape index (κ1) is 10.8. The van der Waals surface area contributed by atoms with Crippen molar-refractivity contribution in [2.45, 2.75) is 23.0 Å². The Balaban J connectivity index is 2.12. The number of halogens is 1. The van der Waals surface area contributed by atoms with Gasteiger partial charge in [-0.15, -0.1) is 11.8 Å². The molecule has 4 heteroatoms. The maximum absolute atomic E-state index is 11.0. The van der Waals surface area contributed by atoms with Crippen molar-refractivity contribution in [1.82, 2.24) is 0 Å². The third-order valence-corrected chi connectivity index (χ3v) is 4.28. The molecule has 0 radical (unpaired) electrons. The normalized spacial score (nSPS) is 17.4. The number of carbonyl (C=O) groups is 1. The Morgan fingerprint density at radius 3 is 2.67 bits per heavy atom. The highest BCUT2D eigenvalue weighted by Crippen LogP contribution is 2.43. The van der Waals surface area contributed by atoms with E-state index in [0.717, 1.165) is 17.7 Å². The first-order valence-electron chi connectivity index (χ1n) is 4.82. The molecular formula is C11H11ClO2S. The Kier molecular flexibility index (Phi) is 3.22. The van der Waals surface area contributed by atoms with Gasteiger partial charge in [-0.2, -0.15) is 0 Å². The van der Waals surface area contributed by atoms with Gasteiger partial charge in [0, 0.05) is 4.90 Å². The van der Waals surface area contributed by atoms with Crippen molar-refractivity contribution in [3.05, 3.63) is 29.3 Å². The zero-order valence-corrected chi connectivity index (χ0v) is 9.59. The summed E-state index contributed by atoms with van der Waals surface area (Å²) in [5.74, 6) is -0.411. The molecule has 2 nitrogen and oxygen atoms in total. The monoisotopic (exact) mass is 242 g/mol. The molecular weight excluding hydrogens is 232 g/mol. The van der Waals surface area contributed by atoms with Gasteiger partial charge in [0.1, 0.15) is 5.25 Å². The molecule has 0 aromatic heterocycles. The Morgan fingerprint density at radius 2 is 2.13 bits per heavy atom. The van der Waals surface area contributed by atoms with E-state index in [2.05, 4.69) is 0 Å². The third-order valence-electron chi connectivity index (χ3n) is 2.38. The zero-order valence-electron chi connectivity index (χ0n) is 8.02. The predicted octanol–water partition coefficient (Wildman–Crippen LogP) is 3.30. The van der Waals surface area contributed by atoms with Crippen LogP contribution < -0.4 is 0 Å². The van der Waals surface area contributed by atoms with E-state index in [-0.39, 0.29) is 5.25 Å². The van der Waals surface area contributed by atoms with Gasteiger partial charge in [0.2, 0.25) is 0 Å². The fourth-order valence-corrected chi connectivity index (χ4v) is 2.87. The highest BCUT2D eigenvalue weighted by Gasteiger charge is 2.37. The number of thioether (sulfide) groups is 1. The van der Waals surface area contributed by atoms with Gasteiger partial charge in [0.15, 0.2) is 0 Å². The number of rotatable bonds is 4. The van der Waals surface area contributed by atoms with Gasteiger partial charge >= 0.3 is 5.97 Å². The first-order chi connectivity index (χ1) is 7.18. The Labute approximate surface area is 97.6 Å². The summed E-state index contributed by atoms with van der Waals surface area (Å²) >= 11 is 7.35. The second kappa shape index (κ2) is 4.45. The smallest absolute Gasteiger partial charge is 0.317 e. The van der Waals surface area contributed by atoms with E-state index < -0.39 is 5.97 Å². The fourth-order valence-electron chi connectivity index (χ4n) is 1.42. The first-order valence-corrected chi connectivity index (χ1v) is 6.08. The Bertz CT molecular complexity index is 377. The number of hydrogen-bond acceptors (Lipinski definition) is 2. The van der Waals surface area contributed by atoms with E-state index in [0.29, 0.717) is 10.9 Å². The molecule has 1 aromatic rings. The van der Waals surface area contributed by atoms with E-state index >= 15 is 0 Å². The zero-order chi connectivity index (χ0) is 10.8. The summed E-state index contributed by atoms with van der Waals surface area (Å²) in [6.07, 6.45) is 2.04. The third kappa shape index (κ3) is 2.67. The van der Waals surface area contributed by atoms with Crippen LogP contribution >= 0.6 is 23.4 Å². The maximum Gasteiger partial charge on any atom is 0.317 e. The van der Waals surface area contributed by atoms with Crippen LogP contribution in [-0.4, -0.2) is 16.3 Å². The van der Waals surface area contributed by atoms with Crippen molar-refractivity contribution < 1.29 is 9.90 Å². The molecule has 1 aromatic carbocycles. The highest BCUT2D eigenvalue weighted by molar-refractivity contribution is 8.00. The van der Waals surface area contributed by atoms with Crippen molar-refractivity contribution in [1.29, 1.82) is 0 Å². The van der Waals surface area contributed by atoms with Gasteiger partial charge in [-0.05, 0) is 30.9 Å². The average Bonchev–Trinajstić information content (AvgIpc) is 2.99. The van der Waals surface area contributed by atoms with Crippen LogP contribution in [-0.2, 0) is 4.79 Å². The van der Waals surface area contributed by atoms with Gasteiger partial charge in [-0.1, -0.05) is 23.7 Å². The number of hydrogen-bond donors (Lipinski definition) is 1. The maximum atomic E-state index is 11.0. The minimum atomic E-state index is -0.734. The van der Waals surface area contributed by atoms with Crippen molar-refractivity contribution in [2.24, 2.45) is 5.92 Å². The Hall–Kier alpha value is -0.670. The summed E-state index contributed by atoms with van der Waals surface area (Å²) in [5, 5.41) is 9.36. The lowest BCUT2D eigenvalue weighted by molar-refractivity contribution is -0.136. The van der Waals surface area contributed by atoms with Crippen LogP contribution in [0.2, 0.25) is 5.02 Å². The molecule has 1 atom stereocenters. The van der Waals surface area contributed by atoms with Crippen LogP contribution in [0.25, 0.3) is 0 Å². The lowest BCUT2D eigenvalue weighted by Crippen LogP contribution is -2.18. The molecule has 0 saturated heterocycles. The second-order valence-corrected chi connectivity index (χ2v) is 5.24. The topological polar surface area (TPSA) is 37.3 Å². The molecule has 15 heavy (non-hydrogen) atoms. The molecule has 1 aliphatic carbocycles. The van der Waals surface area contributed by atoms with Crippen LogP contribution in [0.5, 0.6) is 0 Å². The number of carboxylic acid groups (broad SMARTS) is 1. The minimum absolute atomic E-state index is 0.323. The van der Waals surface area contributed by atoms with Crippen molar-refractivity contribution in [3.8, 4) is 0 Å². The van der Waals surface area contributed by atoms with E-state index in [9.17, 15) is 4.79 Å². The molecule has 0 heterocycles. The Morgan fingerprint density at radius 1 is 1.47 bits per heavy atom. The summed E-state index contributed by atoms with van der Waals surface area (Å²) in [7, 11) is 0. The van der Waals surface area contributed by atoms with Crippen LogP contribution in [0.4, 0.5) is 0 Å². The highest BCUT2D eigenvalue weighted by atomic mass is 35.5. The minimum Gasteiger partial charge on any atom is -0.480 e. The molecule has 0 bridgehead atoms. The van der Waals surface area contributed by atoms with Crippen molar-refractivity contribution in [3.63, 3.8) is 0 Å². The van der Waals surface area contributed by atoms with Crippen molar-refractivity contribution in [2.75, 3.05) is 0 Å². The van der Waals surface area contributed by atoms with Crippen molar-refractivity contribution >= 4 is 29.3 Å². The molecule has 1 aliphatic rings. The lowest BCUT2D eigenvalue weighted by Gasteiger charge is -2.11. The summed E-state index contributed by atoms with van der Waals surface area (Å²) < 4.78 is 0. The van der Waals surface area contributed by atoms with Gasteiger partial charge in [0.25, 0.3) is 0 Å².